The van der Waals surface area contributed by atoms with Crippen LogP contribution in [-0.4, -0.2) is 20.0 Å². The van der Waals surface area contributed by atoms with Crippen molar-refractivity contribution >= 4 is 21.7 Å². The number of carbonyl (C=O) groups is 1. The van der Waals surface area contributed by atoms with Crippen LogP contribution in [0.2, 0.25) is 0 Å². The minimum Gasteiger partial charge on any atom is -0.493 e. The lowest BCUT2D eigenvalue weighted by Crippen LogP contribution is -2.33. The van der Waals surface area contributed by atoms with Crippen LogP contribution in [0.3, 0.4) is 0 Å². The number of aromatic nitrogens is 1. The maximum Gasteiger partial charge on any atom is 0.183 e. The number of methoxy groups -OCH3 is 2. The maximum absolute atomic E-state index is 13.0. The zero-order valence-corrected chi connectivity index (χ0v) is 19.0. The van der Waals surface area contributed by atoms with Crippen LogP contribution in [0.25, 0.3) is 0 Å². The highest BCUT2D eigenvalue weighted by Crippen LogP contribution is 2.38. The summed E-state index contributed by atoms with van der Waals surface area (Å²) in [5, 5.41) is 0. The molecule has 1 unspecified atom stereocenters. The molecule has 2 aromatic carbocycles. The largest absolute Gasteiger partial charge is 0.493 e. The topological polar surface area (TPSA) is 39.4 Å². The van der Waals surface area contributed by atoms with Crippen LogP contribution in [0.5, 0.6) is 11.5 Å². The number of halogens is 1. The highest BCUT2D eigenvalue weighted by Gasteiger charge is 2.32. The van der Waals surface area contributed by atoms with E-state index in [2.05, 4.69) is 70.1 Å². The number of rotatable bonds is 6. The van der Waals surface area contributed by atoms with Gasteiger partial charge >= 0.3 is 0 Å². The number of ether oxygens (including phenoxy) is 2. The molecule has 0 bridgehead atoms. The van der Waals surface area contributed by atoms with E-state index in [-0.39, 0.29) is 11.7 Å². The van der Waals surface area contributed by atoms with E-state index in [1.54, 1.807) is 14.2 Å². The summed E-state index contributed by atoms with van der Waals surface area (Å²) in [5.41, 5.74) is 5.45. The molecule has 1 aromatic heterocycles. The van der Waals surface area contributed by atoms with E-state index in [9.17, 15) is 4.79 Å². The zero-order valence-electron chi connectivity index (χ0n) is 17.4. The molecule has 1 atom stereocenters. The second kappa shape index (κ2) is 8.60. The Morgan fingerprint density at radius 3 is 2.57 bits per heavy atom. The Kier molecular flexibility index (Phi) is 5.91. The molecule has 154 valence electrons. The molecule has 4 rings (SSSR count). The molecule has 0 aliphatic heterocycles. The van der Waals surface area contributed by atoms with Crippen LogP contribution in [0.15, 0.2) is 59.3 Å². The van der Waals surface area contributed by atoms with Gasteiger partial charge in [0.2, 0.25) is 0 Å². The Morgan fingerprint density at radius 1 is 1.10 bits per heavy atom. The third kappa shape index (κ3) is 4.12. The fraction of sp³-hybridized carbons (Fsp3) is 0.280. The first kappa shape index (κ1) is 20.6. The third-order valence-electron chi connectivity index (χ3n) is 5.68. The third-order valence-corrected chi connectivity index (χ3v) is 6.39. The standard InChI is InChI=1S/C25H25BrNO3/c1-16-5-4-6-17(9-16)14-27-8-7-18(22(26)15-27)10-20-11-19-12-23(29-2)24(30-3)13-21(19)25(20)28/h4-9,12-13,15,20H,10-11,14H2,1-3H3/q+1. The van der Waals surface area contributed by atoms with E-state index in [0.29, 0.717) is 17.9 Å². The molecular formula is C25H25BrNO3+. The van der Waals surface area contributed by atoms with E-state index in [1.807, 2.05) is 12.1 Å². The molecule has 0 N–H and O–H groups in total. The molecule has 0 radical (unpaired) electrons. The molecule has 1 heterocycles. The van der Waals surface area contributed by atoms with Crippen molar-refractivity contribution in [2.75, 3.05) is 14.2 Å². The Bertz CT molecular complexity index is 1110. The summed E-state index contributed by atoms with van der Waals surface area (Å²) in [5.74, 6) is 1.38. The summed E-state index contributed by atoms with van der Waals surface area (Å²) < 4.78 is 13.9. The van der Waals surface area contributed by atoms with Gasteiger partial charge in [0.15, 0.2) is 36.2 Å². The number of hydrogen-bond acceptors (Lipinski definition) is 3. The number of nitrogens with zero attached hydrogens (tertiary/aromatic N) is 1. The smallest absolute Gasteiger partial charge is 0.183 e. The fourth-order valence-electron chi connectivity index (χ4n) is 4.15. The molecule has 0 spiro atoms. The molecule has 0 fully saturated rings. The monoisotopic (exact) mass is 466 g/mol. The van der Waals surface area contributed by atoms with Gasteiger partial charge in [-0.2, -0.15) is 4.57 Å². The van der Waals surface area contributed by atoms with E-state index in [4.69, 9.17) is 9.47 Å². The Balaban J connectivity index is 1.51. The zero-order chi connectivity index (χ0) is 21.3. The highest BCUT2D eigenvalue weighted by molar-refractivity contribution is 9.10. The lowest BCUT2D eigenvalue weighted by molar-refractivity contribution is -0.689. The average Bonchev–Trinajstić information content (AvgIpc) is 3.03. The molecule has 0 saturated carbocycles. The van der Waals surface area contributed by atoms with E-state index >= 15 is 0 Å². The number of carbonyl (C=O) groups excluding carboxylic acids is 1. The first-order chi connectivity index (χ1) is 14.5. The molecule has 0 amide bonds. The normalized spacial score (nSPS) is 15.2. The minimum atomic E-state index is -0.0688. The summed E-state index contributed by atoms with van der Waals surface area (Å²) in [4.78, 5) is 13.0. The van der Waals surface area contributed by atoms with Crippen LogP contribution in [0.1, 0.15) is 32.6 Å². The number of pyridine rings is 1. The van der Waals surface area contributed by atoms with Crippen molar-refractivity contribution in [2.45, 2.75) is 26.3 Å². The molecule has 1 aliphatic rings. The minimum absolute atomic E-state index is 0.0688. The Morgan fingerprint density at radius 2 is 1.87 bits per heavy atom. The van der Waals surface area contributed by atoms with Crippen LogP contribution >= 0.6 is 15.9 Å². The van der Waals surface area contributed by atoms with Crippen molar-refractivity contribution < 1.29 is 18.8 Å². The molecule has 4 nitrogen and oxygen atoms in total. The SMILES string of the molecule is COc1cc2c(cc1OC)C(=O)C(Cc1cc[n+](Cc3cccc(C)c3)cc1Br)C2. The number of benzene rings is 2. The van der Waals surface area contributed by atoms with Gasteiger partial charge in [-0.05, 0) is 65.0 Å². The van der Waals surface area contributed by atoms with E-state index in [1.165, 1.54) is 11.1 Å². The van der Waals surface area contributed by atoms with Gasteiger partial charge in [-0.1, -0.05) is 23.8 Å². The van der Waals surface area contributed by atoms with Gasteiger partial charge in [0.25, 0.3) is 0 Å². The van der Waals surface area contributed by atoms with Gasteiger partial charge < -0.3 is 9.47 Å². The van der Waals surface area contributed by atoms with Gasteiger partial charge in [0.1, 0.15) is 0 Å². The van der Waals surface area contributed by atoms with Crippen molar-refractivity contribution in [1.29, 1.82) is 0 Å². The number of Topliss-reactive ketones (excluding diaryl/α,β-unsaturated/α-hetero) is 1. The number of fused-ring (bicyclic) bond motifs is 1. The number of aryl methyl sites for hydroxylation is 1. The van der Waals surface area contributed by atoms with Crippen LogP contribution < -0.4 is 14.0 Å². The molecule has 30 heavy (non-hydrogen) atoms. The van der Waals surface area contributed by atoms with Crippen molar-refractivity contribution in [3.8, 4) is 11.5 Å². The fourth-order valence-corrected chi connectivity index (χ4v) is 4.71. The van der Waals surface area contributed by atoms with Crippen LogP contribution in [0.4, 0.5) is 0 Å². The molecular weight excluding hydrogens is 442 g/mol. The average molecular weight is 467 g/mol. The first-order valence-corrected chi connectivity index (χ1v) is 10.8. The van der Waals surface area contributed by atoms with E-state index in [0.717, 1.165) is 34.1 Å². The van der Waals surface area contributed by atoms with Gasteiger partial charge in [0.05, 0.1) is 18.7 Å². The van der Waals surface area contributed by atoms with Gasteiger partial charge in [0, 0.05) is 23.1 Å². The summed E-state index contributed by atoms with van der Waals surface area (Å²) in [6.45, 7) is 2.92. The maximum atomic E-state index is 13.0. The Labute approximate surface area is 185 Å². The van der Waals surface area contributed by atoms with Crippen LogP contribution in [0, 0.1) is 12.8 Å². The second-order valence-electron chi connectivity index (χ2n) is 7.81. The Hall–Kier alpha value is -2.66. The first-order valence-electron chi connectivity index (χ1n) is 10.0. The molecule has 1 aliphatic carbocycles. The van der Waals surface area contributed by atoms with Crippen molar-refractivity contribution in [3.63, 3.8) is 0 Å². The summed E-state index contributed by atoms with van der Waals surface area (Å²) in [6, 6.07) is 14.4. The van der Waals surface area contributed by atoms with Gasteiger partial charge in [-0.3, -0.25) is 4.79 Å². The highest BCUT2D eigenvalue weighted by atomic mass is 79.9. The summed E-state index contributed by atoms with van der Waals surface area (Å²) in [7, 11) is 3.21. The number of ketones is 1. The van der Waals surface area contributed by atoms with Crippen molar-refractivity contribution in [3.05, 3.63) is 87.1 Å². The summed E-state index contributed by atoms with van der Waals surface area (Å²) >= 11 is 3.71. The second-order valence-corrected chi connectivity index (χ2v) is 8.67. The van der Waals surface area contributed by atoms with Gasteiger partial charge in [-0.25, -0.2) is 0 Å². The van der Waals surface area contributed by atoms with Crippen LogP contribution in [-0.2, 0) is 19.4 Å². The molecule has 5 heteroatoms. The van der Waals surface area contributed by atoms with Gasteiger partial charge in [-0.15, -0.1) is 0 Å². The molecule has 0 saturated heterocycles. The summed E-state index contributed by atoms with van der Waals surface area (Å²) in [6.07, 6.45) is 5.60. The quantitative estimate of drug-likeness (QED) is 0.493. The molecule has 3 aromatic rings. The van der Waals surface area contributed by atoms with Crippen molar-refractivity contribution in [2.24, 2.45) is 5.92 Å². The predicted molar refractivity (Wildman–Crippen MR) is 119 cm³/mol. The van der Waals surface area contributed by atoms with E-state index < -0.39 is 0 Å². The lowest BCUT2D eigenvalue weighted by atomic mass is 9.96. The number of hydrogen-bond donors (Lipinski definition) is 0. The lowest BCUT2D eigenvalue weighted by Gasteiger charge is -2.09. The predicted octanol–water partition coefficient (Wildman–Crippen LogP) is 4.71. The van der Waals surface area contributed by atoms with Crippen molar-refractivity contribution in [1.82, 2.24) is 0 Å².